The molecule has 0 aliphatic rings. The van der Waals surface area contributed by atoms with Gasteiger partial charge in [-0.15, -0.1) is 11.3 Å². The smallest absolute Gasteiger partial charge is 0.226 e. The molecule has 1 amide bonds. The van der Waals surface area contributed by atoms with Crippen LogP contribution in [-0.4, -0.2) is 26.6 Å². The molecule has 6 aromatic rings. The zero-order valence-corrected chi connectivity index (χ0v) is 20.6. The van der Waals surface area contributed by atoms with Crippen LogP contribution in [0.2, 0.25) is 0 Å². The monoisotopic (exact) mass is 512 g/mol. The van der Waals surface area contributed by atoms with E-state index in [0.717, 1.165) is 22.3 Å². The molecule has 0 bridgehead atoms. The number of furan rings is 2. The predicted molar refractivity (Wildman–Crippen MR) is 143 cm³/mol. The summed E-state index contributed by atoms with van der Waals surface area (Å²) in [7, 11) is 0. The maximum absolute atomic E-state index is 12.6. The Balaban J connectivity index is 1.08. The Bertz CT molecular complexity index is 1570. The summed E-state index contributed by atoms with van der Waals surface area (Å²) < 4.78 is 11.1. The van der Waals surface area contributed by atoms with Crippen molar-refractivity contribution in [3.8, 4) is 34.2 Å². The topological polar surface area (TPSA) is 97.0 Å². The normalized spacial score (nSPS) is 11.2. The van der Waals surface area contributed by atoms with Crippen molar-refractivity contribution in [1.29, 1.82) is 0 Å². The molecule has 0 saturated heterocycles. The summed E-state index contributed by atoms with van der Waals surface area (Å²) in [4.78, 5) is 25.1. The van der Waals surface area contributed by atoms with Crippen molar-refractivity contribution >= 4 is 44.9 Å². The van der Waals surface area contributed by atoms with E-state index in [1.165, 1.54) is 28.5 Å². The molecule has 0 atom stereocenters. The van der Waals surface area contributed by atoms with Gasteiger partial charge in [0.2, 0.25) is 5.91 Å². The van der Waals surface area contributed by atoms with Crippen LogP contribution in [-0.2, 0) is 4.79 Å². The van der Waals surface area contributed by atoms with E-state index in [1.807, 2.05) is 41.8 Å². The van der Waals surface area contributed by atoms with Crippen molar-refractivity contribution in [3.05, 3.63) is 84.6 Å². The molecular formula is C27H20N4O3S2. The Kier molecular flexibility index (Phi) is 6.15. The number of H-pyrrole nitrogens is 1. The molecule has 0 radical (unpaired) electrons. The standard InChI is InChI=1S/C27H20N4O3S2/c32-23(29-26-28-20(16-36-26)19-10-9-17-5-1-2-6-18(17)15-19)11-14-35-27-30-24(21-7-3-12-33-21)25(31-27)22-8-4-13-34-22/h1-10,12-13,15-16H,11,14H2,(H,30,31)(H,28,29,32). The van der Waals surface area contributed by atoms with Gasteiger partial charge in [0.1, 0.15) is 11.4 Å². The lowest BCUT2D eigenvalue weighted by Crippen LogP contribution is -2.12. The Morgan fingerprint density at radius 2 is 1.75 bits per heavy atom. The van der Waals surface area contributed by atoms with Crippen LogP contribution in [0.25, 0.3) is 44.9 Å². The molecule has 2 N–H and O–H groups in total. The van der Waals surface area contributed by atoms with E-state index in [1.54, 1.807) is 12.5 Å². The molecule has 0 fully saturated rings. The molecule has 36 heavy (non-hydrogen) atoms. The Morgan fingerprint density at radius 3 is 2.56 bits per heavy atom. The van der Waals surface area contributed by atoms with E-state index in [0.29, 0.717) is 39.7 Å². The molecule has 7 nitrogen and oxygen atoms in total. The molecule has 4 aromatic heterocycles. The minimum absolute atomic E-state index is 0.0917. The molecule has 0 spiro atoms. The van der Waals surface area contributed by atoms with Crippen LogP contribution >= 0.6 is 23.1 Å². The van der Waals surface area contributed by atoms with Crippen molar-refractivity contribution in [2.45, 2.75) is 11.6 Å². The zero-order valence-electron chi connectivity index (χ0n) is 18.9. The van der Waals surface area contributed by atoms with Crippen molar-refractivity contribution in [1.82, 2.24) is 15.0 Å². The second kappa shape index (κ2) is 9.88. The van der Waals surface area contributed by atoms with Crippen LogP contribution in [0.3, 0.4) is 0 Å². The molecule has 2 aromatic carbocycles. The number of rotatable bonds is 8. The number of fused-ring (bicyclic) bond motifs is 1. The van der Waals surface area contributed by atoms with E-state index >= 15 is 0 Å². The average molecular weight is 513 g/mol. The largest absolute Gasteiger partial charge is 0.463 e. The van der Waals surface area contributed by atoms with Gasteiger partial charge in [0.05, 0.1) is 18.2 Å². The van der Waals surface area contributed by atoms with Gasteiger partial charge in [0.15, 0.2) is 21.8 Å². The van der Waals surface area contributed by atoms with Gasteiger partial charge in [-0.25, -0.2) is 9.97 Å². The summed E-state index contributed by atoms with van der Waals surface area (Å²) in [6.45, 7) is 0. The third kappa shape index (κ3) is 4.71. The summed E-state index contributed by atoms with van der Waals surface area (Å²) in [6, 6.07) is 21.8. The van der Waals surface area contributed by atoms with Gasteiger partial charge in [-0.3, -0.25) is 4.79 Å². The number of benzene rings is 2. The number of nitrogens with zero attached hydrogens (tertiary/aromatic N) is 2. The van der Waals surface area contributed by atoms with Gasteiger partial charge >= 0.3 is 0 Å². The molecular weight excluding hydrogens is 492 g/mol. The number of amides is 1. The zero-order chi connectivity index (χ0) is 24.3. The van der Waals surface area contributed by atoms with Crippen molar-refractivity contribution < 1.29 is 13.6 Å². The summed E-state index contributed by atoms with van der Waals surface area (Å²) in [5.74, 6) is 1.78. The summed E-state index contributed by atoms with van der Waals surface area (Å²) >= 11 is 2.89. The number of carbonyl (C=O) groups is 1. The van der Waals surface area contributed by atoms with Crippen LogP contribution in [0.5, 0.6) is 0 Å². The number of thiazole rings is 1. The minimum atomic E-state index is -0.0917. The summed E-state index contributed by atoms with van der Waals surface area (Å²) in [6.07, 6.45) is 3.54. The highest BCUT2D eigenvalue weighted by atomic mass is 32.2. The fraction of sp³-hybridized carbons (Fsp3) is 0.0741. The van der Waals surface area contributed by atoms with E-state index < -0.39 is 0 Å². The Morgan fingerprint density at radius 1 is 0.944 bits per heavy atom. The summed E-state index contributed by atoms with van der Waals surface area (Å²) in [5.41, 5.74) is 3.29. The molecule has 6 rings (SSSR count). The Labute approximate surface area is 214 Å². The number of carbonyl (C=O) groups excluding carboxylic acids is 1. The molecule has 0 aliphatic heterocycles. The number of imidazole rings is 1. The maximum atomic E-state index is 12.6. The number of anilines is 1. The number of hydrogen-bond donors (Lipinski definition) is 2. The fourth-order valence-corrected chi connectivity index (χ4v) is 5.39. The van der Waals surface area contributed by atoms with Gasteiger partial charge in [-0.2, -0.15) is 0 Å². The van der Waals surface area contributed by atoms with Gasteiger partial charge in [-0.05, 0) is 41.1 Å². The van der Waals surface area contributed by atoms with Crippen molar-refractivity contribution in [2.75, 3.05) is 11.1 Å². The third-order valence-corrected chi connectivity index (χ3v) is 7.20. The van der Waals surface area contributed by atoms with Gasteiger partial charge in [0, 0.05) is 23.1 Å². The van der Waals surface area contributed by atoms with Gasteiger partial charge in [0.25, 0.3) is 0 Å². The van der Waals surface area contributed by atoms with Crippen molar-refractivity contribution in [2.24, 2.45) is 0 Å². The highest BCUT2D eigenvalue weighted by Gasteiger charge is 2.18. The first kappa shape index (κ1) is 22.4. The van der Waals surface area contributed by atoms with Crippen LogP contribution < -0.4 is 5.32 Å². The molecule has 0 saturated carbocycles. The van der Waals surface area contributed by atoms with Crippen LogP contribution in [0.15, 0.2) is 98.6 Å². The number of nitrogens with one attached hydrogen (secondary N) is 2. The van der Waals surface area contributed by atoms with E-state index in [9.17, 15) is 4.79 Å². The number of thioether (sulfide) groups is 1. The second-order valence-electron chi connectivity index (χ2n) is 7.97. The minimum Gasteiger partial charge on any atom is -0.463 e. The van der Waals surface area contributed by atoms with Crippen LogP contribution in [0.4, 0.5) is 5.13 Å². The molecule has 0 aliphatic carbocycles. The van der Waals surface area contributed by atoms with Gasteiger partial charge in [-0.1, -0.05) is 48.2 Å². The quantitative estimate of drug-likeness (QED) is 0.207. The first-order valence-electron chi connectivity index (χ1n) is 11.3. The lowest BCUT2D eigenvalue weighted by molar-refractivity contribution is -0.115. The third-order valence-electron chi connectivity index (χ3n) is 5.57. The molecule has 178 valence electrons. The number of hydrogen-bond acceptors (Lipinski definition) is 7. The Hall–Kier alpha value is -4.08. The lowest BCUT2D eigenvalue weighted by Gasteiger charge is -2.02. The SMILES string of the molecule is O=C(CCSc1nc(-c2ccco2)c(-c2ccco2)[nH]1)Nc1nc(-c2ccc3ccccc3c2)cs1. The van der Waals surface area contributed by atoms with E-state index in [2.05, 4.69) is 50.6 Å². The molecule has 4 heterocycles. The van der Waals surface area contributed by atoms with E-state index in [4.69, 9.17) is 8.83 Å². The van der Waals surface area contributed by atoms with Crippen LogP contribution in [0, 0.1) is 0 Å². The molecule has 0 unspecified atom stereocenters. The summed E-state index contributed by atoms with van der Waals surface area (Å²) in [5, 5.41) is 8.50. The predicted octanol–water partition coefficient (Wildman–Crippen LogP) is 7.33. The van der Waals surface area contributed by atoms with Gasteiger partial charge < -0.3 is 19.1 Å². The first-order chi connectivity index (χ1) is 17.7. The van der Waals surface area contributed by atoms with Crippen molar-refractivity contribution in [3.63, 3.8) is 0 Å². The highest BCUT2D eigenvalue weighted by molar-refractivity contribution is 7.99. The van der Waals surface area contributed by atoms with Crippen LogP contribution in [0.1, 0.15) is 6.42 Å². The fourth-order valence-electron chi connectivity index (χ4n) is 3.85. The highest BCUT2D eigenvalue weighted by Crippen LogP contribution is 2.33. The molecule has 9 heteroatoms. The maximum Gasteiger partial charge on any atom is 0.226 e. The lowest BCUT2D eigenvalue weighted by atomic mass is 10.1. The number of aromatic nitrogens is 3. The van der Waals surface area contributed by atoms with E-state index in [-0.39, 0.29) is 5.91 Å². The average Bonchev–Trinajstić information content (AvgIpc) is 3.70. The first-order valence-corrected chi connectivity index (χ1v) is 13.1. The number of aromatic amines is 1. The second-order valence-corrected chi connectivity index (χ2v) is 9.91.